The number of hydrogen-bond donors (Lipinski definition) is 0. The van der Waals surface area contributed by atoms with Gasteiger partial charge in [0.25, 0.3) is 0 Å². The summed E-state index contributed by atoms with van der Waals surface area (Å²) in [6.45, 7) is 1.92. The lowest BCUT2D eigenvalue weighted by Crippen LogP contribution is -1.94. The second-order valence-corrected chi connectivity index (χ2v) is 3.61. The Hall–Kier alpha value is -0.580. The van der Waals surface area contributed by atoms with Gasteiger partial charge in [-0.25, -0.2) is 0 Å². The molecule has 0 saturated carbocycles. The smallest absolute Gasteiger partial charge is 0.106 e. The van der Waals surface area contributed by atoms with Crippen LogP contribution < -0.4 is 0 Å². The van der Waals surface area contributed by atoms with E-state index in [0.717, 1.165) is 11.3 Å². The second-order valence-electron chi connectivity index (χ2n) is 2.37. The summed E-state index contributed by atoms with van der Waals surface area (Å²) in [6.07, 6.45) is 0. The van der Waals surface area contributed by atoms with Gasteiger partial charge in [-0.05, 0) is 47.2 Å². The van der Waals surface area contributed by atoms with Crippen molar-refractivity contribution < 1.29 is 4.84 Å². The Morgan fingerprint density at radius 2 is 1.92 bits per heavy atom. The van der Waals surface area contributed by atoms with Crippen LogP contribution in [-0.4, -0.2) is 12.8 Å². The molecule has 3 heteroatoms. The van der Waals surface area contributed by atoms with E-state index in [1.807, 2.05) is 31.2 Å². The molecule has 0 bridgehead atoms. The highest BCUT2D eigenvalue weighted by Crippen LogP contribution is 2.07. The van der Waals surface area contributed by atoms with E-state index in [4.69, 9.17) is 0 Å². The molecule has 2 nitrogen and oxygen atoms in total. The monoisotopic (exact) mass is 275 g/mol. The molecule has 0 unspecified atom stereocenters. The largest absolute Gasteiger partial charge is 0.399 e. The lowest BCUT2D eigenvalue weighted by atomic mass is 10.1. The number of halogens is 1. The van der Waals surface area contributed by atoms with Crippen LogP contribution in [0.3, 0.4) is 0 Å². The molecule has 64 valence electrons. The van der Waals surface area contributed by atoms with Crippen LogP contribution in [0.2, 0.25) is 0 Å². The minimum Gasteiger partial charge on any atom is -0.399 e. The maximum absolute atomic E-state index is 4.67. The molecule has 0 amide bonds. The normalized spacial score (nSPS) is 11.4. The Morgan fingerprint density at radius 3 is 2.42 bits per heavy atom. The molecule has 0 spiro atoms. The van der Waals surface area contributed by atoms with Crippen LogP contribution in [0.5, 0.6) is 0 Å². The van der Waals surface area contributed by atoms with Gasteiger partial charge in [0, 0.05) is 3.57 Å². The molecule has 0 aliphatic rings. The van der Waals surface area contributed by atoms with Crippen molar-refractivity contribution >= 4 is 28.3 Å². The molecule has 1 aromatic rings. The number of nitrogens with zero attached hydrogens (tertiary/aromatic N) is 1. The van der Waals surface area contributed by atoms with Gasteiger partial charge in [-0.15, -0.1) is 0 Å². The molecule has 0 fully saturated rings. The highest BCUT2D eigenvalue weighted by atomic mass is 127. The zero-order valence-electron chi connectivity index (χ0n) is 7.04. The van der Waals surface area contributed by atoms with Gasteiger partial charge in [-0.1, -0.05) is 17.3 Å². The van der Waals surface area contributed by atoms with E-state index in [2.05, 4.69) is 32.6 Å². The number of rotatable bonds is 2. The summed E-state index contributed by atoms with van der Waals surface area (Å²) in [5.74, 6) is 0. The average molecular weight is 275 g/mol. The molecular weight excluding hydrogens is 265 g/mol. The van der Waals surface area contributed by atoms with Crippen LogP contribution in [0.1, 0.15) is 12.5 Å². The summed E-state index contributed by atoms with van der Waals surface area (Å²) in [5.41, 5.74) is 1.99. The Kier molecular flexibility index (Phi) is 3.52. The topological polar surface area (TPSA) is 21.6 Å². The van der Waals surface area contributed by atoms with E-state index >= 15 is 0 Å². The molecule has 0 aliphatic heterocycles. The van der Waals surface area contributed by atoms with Crippen molar-refractivity contribution in [2.24, 2.45) is 5.16 Å². The lowest BCUT2D eigenvalue weighted by molar-refractivity contribution is 0.213. The molecule has 0 atom stereocenters. The van der Waals surface area contributed by atoms with Gasteiger partial charge in [0.15, 0.2) is 0 Å². The SMILES string of the molecule is CON=C(C)c1ccc(I)cc1. The third kappa shape index (κ3) is 2.48. The fourth-order valence-electron chi connectivity index (χ4n) is 0.881. The summed E-state index contributed by atoms with van der Waals surface area (Å²) < 4.78 is 1.22. The maximum Gasteiger partial charge on any atom is 0.106 e. The van der Waals surface area contributed by atoms with Crippen LogP contribution in [0.25, 0.3) is 0 Å². The first-order valence-electron chi connectivity index (χ1n) is 3.57. The van der Waals surface area contributed by atoms with E-state index in [1.165, 1.54) is 3.57 Å². The van der Waals surface area contributed by atoms with E-state index in [0.29, 0.717) is 0 Å². The standard InChI is InChI=1S/C9H10INO/c1-7(11-12-2)8-3-5-9(10)6-4-8/h3-6H,1-2H3. The number of hydrogen-bond acceptors (Lipinski definition) is 2. The van der Waals surface area contributed by atoms with Gasteiger partial charge >= 0.3 is 0 Å². The predicted octanol–water partition coefficient (Wildman–Crippen LogP) is 2.66. The van der Waals surface area contributed by atoms with Gasteiger partial charge in [0.1, 0.15) is 7.11 Å². The Bertz CT molecular complexity index is 279. The van der Waals surface area contributed by atoms with Gasteiger partial charge in [-0.2, -0.15) is 0 Å². The van der Waals surface area contributed by atoms with Crippen molar-refractivity contribution in [3.8, 4) is 0 Å². The van der Waals surface area contributed by atoms with Crippen molar-refractivity contribution in [1.29, 1.82) is 0 Å². The molecule has 12 heavy (non-hydrogen) atoms. The Morgan fingerprint density at radius 1 is 1.33 bits per heavy atom. The summed E-state index contributed by atoms with van der Waals surface area (Å²) in [6, 6.07) is 8.15. The van der Waals surface area contributed by atoms with Crippen LogP contribution in [0, 0.1) is 3.57 Å². The first-order valence-corrected chi connectivity index (χ1v) is 4.65. The summed E-state index contributed by atoms with van der Waals surface area (Å²) >= 11 is 2.27. The van der Waals surface area contributed by atoms with E-state index in [-0.39, 0.29) is 0 Å². The second kappa shape index (κ2) is 4.45. The molecule has 1 aromatic carbocycles. The van der Waals surface area contributed by atoms with Crippen molar-refractivity contribution in [1.82, 2.24) is 0 Å². The lowest BCUT2D eigenvalue weighted by Gasteiger charge is -1.98. The fourth-order valence-corrected chi connectivity index (χ4v) is 1.24. The van der Waals surface area contributed by atoms with Crippen molar-refractivity contribution in [2.45, 2.75) is 6.92 Å². The highest BCUT2D eigenvalue weighted by molar-refractivity contribution is 14.1. The molecule has 0 aromatic heterocycles. The first kappa shape index (κ1) is 9.51. The minimum absolute atomic E-state index is 0.897. The molecule has 0 N–H and O–H groups in total. The average Bonchev–Trinajstić information content (AvgIpc) is 2.06. The van der Waals surface area contributed by atoms with Gasteiger partial charge in [-0.3, -0.25) is 0 Å². The van der Waals surface area contributed by atoms with Gasteiger partial charge < -0.3 is 4.84 Å². The van der Waals surface area contributed by atoms with Crippen LogP contribution in [0.4, 0.5) is 0 Å². The highest BCUT2D eigenvalue weighted by Gasteiger charge is 1.96. The predicted molar refractivity (Wildman–Crippen MR) is 58.4 cm³/mol. The maximum atomic E-state index is 4.67. The summed E-state index contributed by atoms with van der Waals surface area (Å²) in [4.78, 5) is 4.67. The van der Waals surface area contributed by atoms with Crippen LogP contribution >= 0.6 is 22.6 Å². The zero-order valence-corrected chi connectivity index (χ0v) is 9.20. The Labute approximate surface area is 85.8 Å². The fraction of sp³-hybridized carbons (Fsp3) is 0.222. The van der Waals surface area contributed by atoms with Crippen LogP contribution in [0.15, 0.2) is 29.4 Å². The van der Waals surface area contributed by atoms with E-state index in [9.17, 15) is 0 Å². The van der Waals surface area contributed by atoms with Gasteiger partial charge in [0.2, 0.25) is 0 Å². The first-order chi connectivity index (χ1) is 5.74. The quantitative estimate of drug-likeness (QED) is 0.462. The minimum atomic E-state index is 0.897. The molecule has 0 aliphatic carbocycles. The molecular formula is C9H10INO. The zero-order chi connectivity index (χ0) is 8.97. The molecule has 0 radical (unpaired) electrons. The van der Waals surface area contributed by atoms with Gasteiger partial charge in [0.05, 0.1) is 5.71 Å². The van der Waals surface area contributed by atoms with Crippen molar-refractivity contribution in [2.75, 3.05) is 7.11 Å². The molecule has 0 heterocycles. The summed E-state index contributed by atoms with van der Waals surface area (Å²) in [5, 5.41) is 3.84. The van der Waals surface area contributed by atoms with E-state index in [1.54, 1.807) is 7.11 Å². The number of oxime groups is 1. The summed E-state index contributed by atoms with van der Waals surface area (Å²) in [7, 11) is 1.55. The van der Waals surface area contributed by atoms with E-state index < -0.39 is 0 Å². The molecule has 0 saturated heterocycles. The third-order valence-corrected chi connectivity index (χ3v) is 2.21. The Balaban J connectivity index is 2.89. The van der Waals surface area contributed by atoms with Crippen LogP contribution in [-0.2, 0) is 4.84 Å². The van der Waals surface area contributed by atoms with Crippen molar-refractivity contribution in [3.05, 3.63) is 33.4 Å². The number of benzene rings is 1. The molecule has 1 rings (SSSR count). The van der Waals surface area contributed by atoms with Crippen molar-refractivity contribution in [3.63, 3.8) is 0 Å². The third-order valence-electron chi connectivity index (χ3n) is 1.49.